The van der Waals surface area contributed by atoms with E-state index < -0.39 is 17.7 Å². The summed E-state index contributed by atoms with van der Waals surface area (Å²) in [4.78, 5) is 26.5. The lowest BCUT2D eigenvalue weighted by molar-refractivity contribution is 0.0175. The fourth-order valence-corrected chi connectivity index (χ4v) is 3.70. The molecule has 7 nitrogen and oxygen atoms in total. The van der Waals surface area contributed by atoms with E-state index in [0.29, 0.717) is 12.5 Å². The number of hydrogen-bond donors (Lipinski definition) is 1. The number of benzene rings is 1. The molecule has 0 aromatic heterocycles. The van der Waals surface area contributed by atoms with Gasteiger partial charge in [-0.3, -0.25) is 4.90 Å². The zero-order valence-electron chi connectivity index (χ0n) is 18.0. The lowest BCUT2D eigenvalue weighted by atomic mass is 9.91. The van der Waals surface area contributed by atoms with Gasteiger partial charge in [-0.15, -0.1) is 0 Å². The molecule has 2 amide bonds. The van der Waals surface area contributed by atoms with Gasteiger partial charge in [0.15, 0.2) is 0 Å². The van der Waals surface area contributed by atoms with Crippen LogP contribution in [0.5, 0.6) is 0 Å². The summed E-state index contributed by atoms with van der Waals surface area (Å²) in [6.07, 6.45) is 1.88. The van der Waals surface area contributed by atoms with Gasteiger partial charge in [0.25, 0.3) is 0 Å². The monoisotopic (exact) mass is 406 g/mol. The highest BCUT2D eigenvalue weighted by atomic mass is 16.6. The summed E-state index contributed by atoms with van der Waals surface area (Å²) in [6.45, 7) is 7.83. The molecule has 0 saturated carbocycles. The fraction of sp³-hybridized carbons (Fsp3) is 0.636. The van der Waals surface area contributed by atoms with Crippen LogP contribution in [0, 0.1) is 5.92 Å². The molecule has 1 aromatic rings. The van der Waals surface area contributed by atoms with Crippen LogP contribution in [0.2, 0.25) is 0 Å². The maximum atomic E-state index is 12.5. The third-order valence-corrected chi connectivity index (χ3v) is 5.01. The number of nitrogens with one attached hydrogen (secondary N) is 1. The molecule has 1 N–H and O–H groups in total. The van der Waals surface area contributed by atoms with E-state index in [4.69, 9.17) is 14.2 Å². The van der Waals surface area contributed by atoms with E-state index in [1.54, 1.807) is 4.90 Å². The highest BCUT2D eigenvalue weighted by molar-refractivity contribution is 5.70. The highest BCUT2D eigenvalue weighted by Crippen LogP contribution is 2.26. The number of hydrogen-bond acceptors (Lipinski definition) is 5. The Hall–Kier alpha value is -2.28. The van der Waals surface area contributed by atoms with E-state index in [1.165, 1.54) is 7.11 Å². The van der Waals surface area contributed by atoms with E-state index >= 15 is 0 Å². The summed E-state index contributed by atoms with van der Waals surface area (Å²) in [5.41, 5.74) is 0.465. The van der Waals surface area contributed by atoms with Crippen LogP contribution in [-0.2, 0) is 20.8 Å². The second-order valence-corrected chi connectivity index (χ2v) is 8.43. The molecule has 29 heavy (non-hydrogen) atoms. The number of carbonyl (C=O) groups is 2. The van der Waals surface area contributed by atoms with Gasteiger partial charge in [0.05, 0.1) is 13.2 Å². The molecule has 1 saturated heterocycles. The van der Waals surface area contributed by atoms with Gasteiger partial charge < -0.3 is 19.5 Å². The van der Waals surface area contributed by atoms with Crippen LogP contribution >= 0.6 is 0 Å². The van der Waals surface area contributed by atoms with Crippen LogP contribution in [0.1, 0.15) is 45.6 Å². The molecule has 1 aromatic carbocycles. The van der Waals surface area contributed by atoms with Gasteiger partial charge in [-0.1, -0.05) is 30.3 Å². The molecule has 0 aliphatic carbocycles. The minimum absolute atomic E-state index is 0.202. The Morgan fingerprint density at radius 1 is 1.28 bits per heavy atom. The van der Waals surface area contributed by atoms with Crippen LogP contribution in [0.3, 0.4) is 0 Å². The average molecular weight is 407 g/mol. The van der Waals surface area contributed by atoms with Gasteiger partial charge in [0, 0.05) is 25.3 Å². The SMILES string of the molecule is COC(=O)N([C@H](CNC(=O)OCc1ccccc1)C[C@H]1CCCOC1)C(C)(C)C. The first-order valence-electron chi connectivity index (χ1n) is 10.2. The average Bonchev–Trinajstić information content (AvgIpc) is 2.70. The summed E-state index contributed by atoms with van der Waals surface area (Å²) in [6, 6.07) is 9.29. The molecule has 1 aliphatic heterocycles. The number of rotatable bonds is 7. The Labute approximate surface area is 173 Å². The van der Waals surface area contributed by atoms with Crippen molar-refractivity contribution in [2.75, 3.05) is 26.9 Å². The number of nitrogens with zero attached hydrogens (tertiary/aromatic N) is 1. The molecule has 2 atom stereocenters. The Bertz CT molecular complexity index is 638. The van der Waals surface area contributed by atoms with Gasteiger partial charge in [0.2, 0.25) is 0 Å². The first kappa shape index (κ1) is 23.0. The van der Waals surface area contributed by atoms with Crippen molar-refractivity contribution in [1.29, 1.82) is 0 Å². The molecule has 1 aliphatic rings. The normalized spacial score (nSPS) is 17.9. The Kier molecular flexibility index (Phi) is 8.76. The second kappa shape index (κ2) is 11.0. The highest BCUT2D eigenvalue weighted by Gasteiger charge is 2.36. The van der Waals surface area contributed by atoms with Gasteiger partial charge in [-0.25, -0.2) is 9.59 Å². The molecule has 0 unspecified atom stereocenters. The minimum Gasteiger partial charge on any atom is -0.453 e. The molecule has 0 spiro atoms. The third-order valence-electron chi connectivity index (χ3n) is 5.01. The van der Waals surface area contributed by atoms with Crippen LogP contribution < -0.4 is 5.32 Å². The maximum absolute atomic E-state index is 12.5. The second-order valence-electron chi connectivity index (χ2n) is 8.43. The van der Waals surface area contributed by atoms with Crippen LogP contribution in [-0.4, -0.2) is 55.5 Å². The summed E-state index contributed by atoms with van der Waals surface area (Å²) in [5.74, 6) is 0.338. The largest absolute Gasteiger partial charge is 0.453 e. The third kappa shape index (κ3) is 7.57. The van der Waals surface area contributed by atoms with E-state index in [0.717, 1.165) is 31.4 Å². The number of ether oxygens (including phenoxy) is 3. The summed E-state index contributed by atoms with van der Waals surface area (Å²) < 4.78 is 15.9. The van der Waals surface area contributed by atoms with Crippen molar-refractivity contribution in [1.82, 2.24) is 10.2 Å². The predicted molar refractivity (Wildman–Crippen MR) is 111 cm³/mol. The zero-order chi connectivity index (χ0) is 21.3. The minimum atomic E-state index is -0.502. The summed E-state index contributed by atoms with van der Waals surface area (Å²) >= 11 is 0. The molecule has 0 bridgehead atoms. The first-order valence-corrected chi connectivity index (χ1v) is 10.2. The number of carbonyl (C=O) groups excluding carboxylic acids is 2. The van der Waals surface area contributed by atoms with Crippen LogP contribution in [0.15, 0.2) is 30.3 Å². The smallest absolute Gasteiger partial charge is 0.410 e. The molecular formula is C22H34N2O5. The van der Waals surface area contributed by atoms with Crippen molar-refractivity contribution < 1.29 is 23.8 Å². The van der Waals surface area contributed by atoms with E-state index in [9.17, 15) is 9.59 Å². The van der Waals surface area contributed by atoms with Gasteiger partial charge in [-0.05, 0) is 51.5 Å². The molecule has 0 radical (unpaired) electrons. The van der Waals surface area contributed by atoms with E-state index in [2.05, 4.69) is 5.32 Å². The molecular weight excluding hydrogens is 372 g/mol. The zero-order valence-corrected chi connectivity index (χ0v) is 18.0. The quantitative estimate of drug-likeness (QED) is 0.741. The Morgan fingerprint density at radius 2 is 2.00 bits per heavy atom. The fourth-order valence-electron chi connectivity index (χ4n) is 3.70. The van der Waals surface area contributed by atoms with Crippen molar-refractivity contribution in [3.8, 4) is 0 Å². The summed E-state index contributed by atoms with van der Waals surface area (Å²) in [7, 11) is 1.38. The van der Waals surface area contributed by atoms with E-state index in [1.807, 2.05) is 51.1 Å². The maximum Gasteiger partial charge on any atom is 0.410 e. The van der Waals surface area contributed by atoms with Crippen molar-refractivity contribution in [2.24, 2.45) is 5.92 Å². The lowest BCUT2D eigenvalue weighted by Gasteiger charge is -2.42. The number of amides is 2. The lowest BCUT2D eigenvalue weighted by Crippen LogP contribution is -2.56. The predicted octanol–water partition coefficient (Wildman–Crippen LogP) is 3.97. The van der Waals surface area contributed by atoms with Crippen molar-refractivity contribution in [3.05, 3.63) is 35.9 Å². The molecule has 1 heterocycles. The molecule has 7 heteroatoms. The Morgan fingerprint density at radius 3 is 2.59 bits per heavy atom. The van der Waals surface area contributed by atoms with Gasteiger partial charge in [0.1, 0.15) is 6.61 Å². The summed E-state index contributed by atoms with van der Waals surface area (Å²) in [5, 5.41) is 2.82. The standard InChI is InChI=1S/C22H34N2O5/c1-22(2,3)24(21(26)27-4)19(13-18-11-8-12-28-15-18)14-23-20(25)29-16-17-9-6-5-7-10-17/h5-7,9-10,18-19H,8,11-16H2,1-4H3,(H,23,25)/t18-,19+/m1/s1. The first-order chi connectivity index (χ1) is 13.8. The Balaban J connectivity index is 2.01. The van der Waals surface area contributed by atoms with Crippen molar-refractivity contribution in [3.63, 3.8) is 0 Å². The van der Waals surface area contributed by atoms with Crippen LogP contribution in [0.4, 0.5) is 9.59 Å². The molecule has 2 rings (SSSR count). The molecule has 1 fully saturated rings. The van der Waals surface area contributed by atoms with E-state index in [-0.39, 0.29) is 19.2 Å². The van der Waals surface area contributed by atoms with Gasteiger partial charge in [-0.2, -0.15) is 0 Å². The number of methoxy groups -OCH3 is 1. The topological polar surface area (TPSA) is 77.1 Å². The van der Waals surface area contributed by atoms with Crippen LogP contribution in [0.25, 0.3) is 0 Å². The van der Waals surface area contributed by atoms with Crippen molar-refractivity contribution >= 4 is 12.2 Å². The molecule has 162 valence electrons. The van der Waals surface area contributed by atoms with Gasteiger partial charge >= 0.3 is 12.2 Å². The number of alkyl carbamates (subject to hydrolysis) is 1. The van der Waals surface area contributed by atoms with Crippen molar-refractivity contribution in [2.45, 2.75) is 58.2 Å².